The molecule has 0 saturated carbocycles. The Labute approximate surface area is 631 Å². The molecule has 7 rings (SSSR count). The summed E-state index contributed by atoms with van der Waals surface area (Å²) in [5, 5.41) is 23.5. The molecule has 0 bridgehead atoms. The lowest BCUT2D eigenvalue weighted by Crippen LogP contribution is -2.61. The van der Waals surface area contributed by atoms with Crippen LogP contribution < -0.4 is 82.7 Å². The number of thioether (sulfide) groups is 1. The molecule has 2 unspecified atom stereocenters. The Kier molecular flexibility index (Phi) is 33.0. The molecule has 4 heterocycles. The van der Waals surface area contributed by atoms with Gasteiger partial charge in [0.25, 0.3) is 0 Å². The number of nitrogens with zero attached hydrogens (tertiary/aromatic N) is 3. The van der Waals surface area contributed by atoms with Crippen molar-refractivity contribution in [3.63, 3.8) is 0 Å². The monoisotopic (exact) mass is 1510 g/mol. The van der Waals surface area contributed by atoms with Crippen molar-refractivity contribution in [1.29, 1.82) is 0 Å². The molecule has 0 spiro atoms. The number of rotatable bonds is 44. The number of guanidine groups is 1. The number of nitrogens with two attached hydrogens (primary N) is 7. The van der Waals surface area contributed by atoms with Crippen LogP contribution in [-0.2, 0) is 81.6 Å². The molecule has 2 saturated heterocycles. The highest BCUT2D eigenvalue weighted by molar-refractivity contribution is 7.98. The third-order valence-corrected chi connectivity index (χ3v) is 19.8. The van der Waals surface area contributed by atoms with E-state index in [2.05, 4.69) is 57.5 Å². The molecule has 34 heteroatoms. The first kappa shape index (κ1) is 84.6. The van der Waals surface area contributed by atoms with Crippen molar-refractivity contribution in [2.75, 3.05) is 38.2 Å². The van der Waals surface area contributed by atoms with Gasteiger partial charge in [0, 0.05) is 85.9 Å². The molecule has 0 radical (unpaired) electrons. The zero-order valence-electron chi connectivity index (χ0n) is 61.5. The molecule has 108 heavy (non-hydrogen) atoms. The molecular formula is C74H106N20O13S. The zero-order chi connectivity index (χ0) is 78.6. The van der Waals surface area contributed by atoms with Crippen molar-refractivity contribution in [3.8, 4) is 0 Å². The predicted molar refractivity (Wildman–Crippen MR) is 408 cm³/mol. The van der Waals surface area contributed by atoms with Crippen molar-refractivity contribution >= 4 is 116 Å². The molecule has 0 aliphatic carbocycles. The Bertz CT molecular complexity index is 3980. The number of hydrogen-bond acceptors (Lipinski definition) is 17. The maximum atomic E-state index is 15.4. The van der Waals surface area contributed by atoms with Gasteiger partial charge in [-0.1, -0.05) is 80.6 Å². The minimum absolute atomic E-state index is 0.0616. The molecule has 2 aliphatic rings. The van der Waals surface area contributed by atoms with Crippen LogP contribution in [0.5, 0.6) is 0 Å². The smallest absolute Gasteiger partial charge is 0.245 e. The molecule has 13 amide bonds. The lowest BCUT2D eigenvalue weighted by atomic mass is 9.99. The number of hydrogen-bond donors (Lipinski definition) is 17. The summed E-state index contributed by atoms with van der Waals surface area (Å²) < 4.78 is 0. The average Bonchev–Trinajstić information content (AvgIpc) is 1.65. The lowest BCUT2D eigenvalue weighted by Gasteiger charge is -2.32. The largest absolute Gasteiger partial charge is 0.370 e. The molecule has 33 nitrogen and oxygen atoms in total. The average molecular weight is 1520 g/mol. The molecular weight excluding hydrogens is 1410 g/mol. The first-order valence-corrected chi connectivity index (χ1v) is 38.1. The number of nitrogens with one attached hydrogen (secondary N) is 10. The number of amides is 13. The summed E-state index contributed by atoms with van der Waals surface area (Å²) in [6.45, 7) is 4.52. The Morgan fingerprint density at radius 2 is 0.944 bits per heavy atom. The number of aromatic amines is 2. The van der Waals surface area contributed by atoms with Crippen LogP contribution >= 0.6 is 11.8 Å². The molecule has 5 aromatic rings. The van der Waals surface area contributed by atoms with Crippen LogP contribution in [0.25, 0.3) is 21.8 Å². The summed E-state index contributed by atoms with van der Waals surface area (Å²) >= 11 is 1.45. The van der Waals surface area contributed by atoms with Gasteiger partial charge in [0.2, 0.25) is 76.8 Å². The van der Waals surface area contributed by atoms with Crippen molar-refractivity contribution in [2.45, 2.75) is 196 Å². The Morgan fingerprint density at radius 3 is 1.44 bits per heavy atom. The topological polar surface area (TPSA) is 551 Å². The van der Waals surface area contributed by atoms with Gasteiger partial charge in [-0.05, 0) is 137 Å². The molecule has 2 aromatic heterocycles. The number of aromatic nitrogens is 2. The third-order valence-electron chi connectivity index (χ3n) is 19.1. The highest BCUT2D eigenvalue weighted by Gasteiger charge is 2.43. The SMILES string of the molecule is CSCC[C@H](NC(=O)C(CC(C)C)NC(=O)[C@@H](Cc1c[nH]c2ccccc12)NC(=O)[C@H](Cc1ccccc1)NC(=O)[C@@H](Cc1c[nH]c2ccccc12)NC(=O)C(CCC(N)=O)NC(=O)[C@H](CCC(N)=O)NC(=O)[C@@H]1CCCN1C(=O)[C@H](CCCCN)NC(=O)[C@H]1CCCN1C(=O)[C@@H](N)CCCN=C(N)N)C(N)=O. The molecule has 3 aromatic carbocycles. The highest BCUT2D eigenvalue weighted by Crippen LogP contribution is 2.26. The van der Waals surface area contributed by atoms with E-state index in [-0.39, 0.29) is 89.4 Å². The van der Waals surface area contributed by atoms with Crippen LogP contribution in [0, 0.1) is 5.92 Å². The number of unbranched alkanes of at least 4 members (excludes halogenated alkanes) is 1. The fourth-order valence-corrected chi connectivity index (χ4v) is 13.9. The maximum absolute atomic E-state index is 15.4. The number of para-hydroxylation sites is 2. The summed E-state index contributed by atoms with van der Waals surface area (Å²) in [6.07, 6.45) is 5.97. The summed E-state index contributed by atoms with van der Waals surface area (Å²) in [5.41, 5.74) is 43.1. The number of likely N-dealkylation sites (tertiary alicyclic amines) is 2. The summed E-state index contributed by atoms with van der Waals surface area (Å²) in [5.74, 6) is -10.1. The van der Waals surface area contributed by atoms with E-state index in [9.17, 15) is 47.9 Å². The van der Waals surface area contributed by atoms with Gasteiger partial charge in [-0.25, -0.2) is 0 Å². The van der Waals surface area contributed by atoms with E-state index in [1.807, 2.05) is 38.3 Å². The van der Waals surface area contributed by atoms with Crippen LogP contribution in [0.3, 0.4) is 0 Å². The number of fused-ring (bicyclic) bond motifs is 2. The van der Waals surface area contributed by atoms with Crippen molar-refractivity contribution in [1.82, 2.24) is 62.3 Å². The second-order valence-electron chi connectivity index (χ2n) is 27.8. The van der Waals surface area contributed by atoms with Crippen molar-refractivity contribution in [2.24, 2.45) is 51.0 Å². The summed E-state index contributed by atoms with van der Waals surface area (Å²) in [6, 6.07) is 8.68. The first-order valence-electron chi connectivity index (χ1n) is 36.7. The van der Waals surface area contributed by atoms with Gasteiger partial charge in [-0.3, -0.25) is 67.3 Å². The first-order chi connectivity index (χ1) is 51.7. The fraction of sp³-hybridized carbons (Fsp3) is 0.514. The highest BCUT2D eigenvalue weighted by atomic mass is 32.2. The molecule has 2 fully saturated rings. The molecule has 11 atom stereocenters. The molecule has 24 N–H and O–H groups in total. The van der Waals surface area contributed by atoms with Crippen LogP contribution in [0.15, 0.2) is 96.2 Å². The fourth-order valence-electron chi connectivity index (χ4n) is 13.4. The normalized spacial score (nSPS) is 16.6. The minimum atomic E-state index is -1.69. The maximum Gasteiger partial charge on any atom is 0.245 e. The van der Waals surface area contributed by atoms with Gasteiger partial charge in [0.05, 0.1) is 6.04 Å². The van der Waals surface area contributed by atoms with Crippen LogP contribution in [0.4, 0.5) is 0 Å². The van der Waals surface area contributed by atoms with Gasteiger partial charge in [0.1, 0.15) is 60.4 Å². The Balaban J connectivity index is 1.15. The number of primary amides is 3. The summed E-state index contributed by atoms with van der Waals surface area (Å²) in [7, 11) is 0. The second-order valence-corrected chi connectivity index (χ2v) is 28.8. The van der Waals surface area contributed by atoms with Crippen LogP contribution in [0.2, 0.25) is 0 Å². The molecule has 586 valence electrons. The van der Waals surface area contributed by atoms with E-state index in [1.165, 1.54) is 21.6 Å². The van der Waals surface area contributed by atoms with Crippen molar-refractivity contribution in [3.05, 3.63) is 108 Å². The van der Waals surface area contributed by atoms with E-state index in [4.69, 9.17) is 40.1 Å². The minimum Gasteiger partial charge on any atom is -0.370 e. The van der Waals surface area contributed by atoms with E-state index < -0.39 is 169 Å². The van der Waals surface area contributed by atoms with Gasteiger partial charge in [-0.15, -0.1) is 0 Å². The van der Waals surface area contributed by atoms with Crippen LogP contribution in [-0.4, -0.2) is 207 Å². The molecule has 2 aliphatic heterocycles. The van der Waals surface area contributed by atoms with Gasteiger partial charge < -0.3 is 102 Å². The van der Waals surface area contributed by atoms with E-state index in [0.29, 0.717) is 71.9 Å². The number of benzene rings is 3. The Morgan fingerprint density at radius 1 is 0.500 bits per heavy atom. The standard InChI is InChI=1S/C74H106N20O13S/c1-42(2)36-55(66(100)85-51(63(79)97)30-35-108-3)89-68(102)58(39-45-41-84-50-22-10-8-19-47(45)50)92-67(101)56(37-43-16-5-4-6-17-43)90-69(103)57(38-44-40-83-49-21-9-7-18-46(44)49)91-65(99)52(26-28-61(77)95)86-64(98)53(27-29-62(78)96)87-70(104)60-25-15-34-94(60)73(107)54(23-11-12-31-75)88-71(105)59-24-14-33-93(59)72(106)48(76)20-13-32-82-74(80)81/h4-10,16-19,21-22,40-42,48,51-60,83-84H,11-15,20,23-39,75-76H2,1-3H3,(H2,77,95)(H2,78,96)(H2,79,97)(H,85,100)(H,86,98)(H,87,104)(H,88,105)(H,89,102)(H,90,103)(H,91,99)(H,92,101)(H4,80,81,82)/t48-,51-,52?,53-,54-,55?,56-,57+,58+,59+,60-/m0/s1. The second kappa shape index (κ2) is 42.1. The van der Waals surface area contributed by atoms with Crippen LogP contribution in [0.1, 0.15) is 127 Å². The van der Waals surface area contributed by atoms with E-state index in [1.54, 1.807) is 73.1 Å². The number of carbonyl (C=O) groups is 13. The Hall–Kier alpha value is -10.6. The number of carbonyl (C=O) groups excluding carboxylic acids is 13. The quantitative estimate of drug-likeness (QED) is 0.0125. The van der Waals surface area contributed by atoms with E-state index in [0.717, 1.165) is 10.9 Å². The van der Waals surface area contributed by atoms with Gasteiger partial charge in [-0.2, -0.15) is 11.8 Å². The van der Waals surface area contributed by atoms with Crippen molar-refractivity contribution < 1.29 is 62.3 Å². The van der Waals surface area contributed by atoms with Gasteiger partial charge in [0.15, 0.2) is 5.96 Å². The van der Waals surface area contributed by atoms with E-state index >= 15 is 14.4 Å². The number of aliphatic imine (C=N–C) groups is 1. The summed E-state index contributed by atoms with van der Waals surface area (Å²) in [4.78, 5) is 197. The zero-order valence-corrected chi connectivity index (χ0v) is 62.3. The predicted octanol–water partition coefficient (Wildman–Crippen LogP) is -1.14. The third kappa shape index (κ3) is 25.3. The lowest BCUT2D eigenvalue weighted by molar-refractivity contribution is -0.144. The number of H-pyrrole nitrogens is 2. The van der Waals surface area contributed by atoms with Gasteiger partial charge >= 0.3 is 0 Å².